The van der Waals surface area contributed by atoms with Crippen LogP contribution in [0.2, 0.25) is 0 Å². The van der Waals surface area contributed by atoms with E-state index in [-0.39, 0.29) is 22.9 Å². The van der Waals surface area contributed by atoms with Crippen LogP contribution in [0.3, 0.4) is 0 Å². The lowest BCUT2D eigenvalue weighted by atomic mass is 10.1. The van der Waals surface area contributed by atoms with Gasteiger partial charge >= 0.3 is 6.09 Å². The number of carbonyl (C=O) groups is 1. The molecule has 0 aliphatic heterocycles. The minimum Gasteiger partial charge on any atom is -0.454 e. The van der Waals surface area contributed by atoms with Crippen molar-refractivity contribution < 1.29 is 23.6 Å². The Kier molecular flexibility index (Phi) is 5.21. The van der Waals surface area contributed by atoms with Crippen molar-refractivity contribution in [1.82, 2.24) is 5.32 Å². The van der Waals surface area contributed by atoms with E-state index in [0.717, 1.165) is 6.07 Å². The summed E-state index contributed by atoms with van der Waals surface area (Å²) in [5, 5.41) is 13.2. The maximum absolute atomic E-state index is 14.1. The number of hydrogen-bond donors (Lipinski definition) is 1. The zero-order chi connectivity index (χ0) is 18.6. The Morgan fingerprint density at radius 2 is 1.72 bits per heavy atom. The number of non-ortho nitro benzene ring substituents is 1. The first-order valence-electron chi connectivity index (χ1n) is 7.36. The number of amides is 1. The van der Waals surface area contributed by atoms with Crippen LogP contribution in [0.4, 0.5) is 14.9 Å². The number of nitro groups is 1. The van der Waals surface area contributed by atoms with Crippen LogP contribution in [0.25, 0.3) is 0 Å². The summed E-state index contributed by atoms with van der Waals surface area (Å²) in [7, 11) is 0. The molecule has 0 saturated carbocycles. The summed E-state index contributed by atoms with van der Waals surface area (Å²) in [6.07, 6.45) is -0.698. The summed E-state index contributed by atoms with van der Waals surface area (Å²) >= 11 is 0. The highest BCUT2D eigenvalue weighted by molar-refractivity contribution is 5.71. The Balaban J connectivity index is 2.06. The van der Waals surface area contributed by atoms with Crippen molar-refractivity contribution in [1.29, 1.82) is 0 Å². The molecule has 1 N–H and O–H groups in total. The van der Waals surface area contributed by atoms with Crippen molar-refractivity contribution in [3.63, 3.8) is 0 Å². The van der Waals surface area contributed by atoms with Gasteiger partial charge in [0.05, 0.1) is 4.92 Å². The Labute approximate surface area is 143 Å². The van der Waals surface area contributed by atoms with Gasteiger partial charge in [0.2, 0.25) is 0 Å². The zero-order valence-electron chi connectivity index (χ0n) is 13.9. The van der Waals surface area contributed by atoms with E-state index in [2.05, 4.69) is 5.32 Å². The second kappa shape index (κ2) is 7.16. The van der Waals surface area contributed by atoms with Crippen molar-refractivity contribution in [2.24, 2.45) is 0 Å². The molecular weight excluding hydrogens is 331 g/mol. The van der Waals surface area contributed by atoms with Crippen molar-refractivity contribution >= 4 is 11.8 Å². The van der Waals surface area contributed by atoms with E-state index in [0.29, 0.717) is 0 Å². The number of nitrogens with zero attached hydrogens (tertiary/aromatic N) is 1. The van der Waals surface area contributed by atoms with Crippen molar-refractivity contribution in [2.45, 2.75) is 26.3 Å². The van der Waals surface area contributed by atoms with Crippen LogP contribution in [-0.4, -0.2) is 16.6 Å². The van der Waals surface area contributed by atoms with Crippen LogP contribution in [0.5, 0.6) is 17.2 Å². The largest absolute Gasteiger partial charge is 0.454 e. The molecule has 2 aromatic rings. The first-order chi connectivity index (χ1) is 11.6. The number of rotatable bonds is 4. The molecule has 2 rings (SSSR count). The van der Waals surface area contributed by atoms with Crippen LogP contribution < -0.4 is 14.8 Å². The number of benzene rings is 2. The second-order valence-corrected chi connectivity index (χ2v) is 6.21. The number of nitrogens with one attached hydrogen (secondary N) is 1. The highest BCUT2D eigenvalue weighted by Gasteiger charge is 2.16. The van der Waals surface area contributed by atoms with E-state index in [4.69, 9.17) is 9.47 Å². The third-order valence-corrected chi connectivity index (χ3v) is 2.87. The van der Waals surface area contributed by atoms with E-state index in [1.807, 2.05) is 0 Å². The molecule has 0 radical (unpaired) electrons. The van der Waals surface area contributed by atoms with Crippen molar-refractivity contribution in [2.75, 3.05) is 0 Å². The van der Waals surface area contributed by atoms with Gasteiger partial charge in [-0.25, -0.2) is 9.18 Å². The Bertz CT molecular complexity index is 785. The molecule has 0 atom stereocenters. The highest BCUT2D eigenvalue weighted by atomic mass is 19.1. The fourth-order valence-corrected chi connectivity index (χ4v) is 1.83. The maximum Gasteiger partial charge on any atom is 0.413 e. The summed E-state index contributed by atoms with van der Waals surface area (Å²) < 4.78 is 24.4. The van der Waals surface area contributed by atoms with Gasteiger partial charge in [0.1, 0.15) is 11.5 Å². The lowest BCUT2D eigenvalue weighted by Crippen LogP contribution is -2.42. The van der Waals surface area contributed by atoms with E-state index in [9.17, 15) is 19.3 Å². The quantitative estimate of drug-likeness (QED) is 0.653. The predicted molar refractivity (Wildman–Crippen MR) is 88.5 cm³/mol. The number of carbonyl (C=O) groups excluding carboxylic acids is 1. The first kappa shape index (κ1) is 18.2. The lowest BCUT2D eigenvalue weighted by molar-refractivity contribution is -0.384. The Morgan fingerprint density at radius 1 is 1.12 bits per heavy atom. The molecule has 2 aromatic carbocycles. The average Bonchev–Trinajstić information content (AvgIpc) is 2.48. The van der Waals surface area contributed by atoms with Crippen molar-refractivity contribution in [3.8, 4) is 17.2 Å². The van der Waals surface area contributed by atoms with Gasteiger partial charge in [-0.15, -0.1) is 0 Å². The normalized spacial score (nSPS) is 10.9. The summed E-state index contributed by atoms with van der Waals surface area (Å²) in [6, 6.07) is 8.92. The molecule has 7 nitrogen and oxygen atoms in total. The third-order valence-electron chi connectivity index (χ3n) is 2.87. The van der Waals surface area contributed by atoms with Gasteiger partial charge in [-0.05, 0) is 45.0 Å². The van der Waals surface area contributed by atoms with E-state index in [1.54, 1.807) is 20.8 Å². The molecule has 0 saturated heterocycles. The standard InChI is InChI=1S/C17H17FN2O5/c1-17(2,3)19-16(21)25-13-8-9-15(14(18)10-13)24-12-6-4-11(5-7-12)20(22)23/h4-10H,1-3H3,(H,19,21). The van der Waals surface area contributed by atoms with Gasteiger partial charge in [0, 0.05) is 23.7 Å². The summed E-state index contributed by atoms with van der Waals surface area (Å²) in [5.74, 6) is -0.573. The molecule has 0 heterocycles. The monoisotopic (exact) mass is 348 g/mol. The molecule has 0 aromatic heterocycles. The number of halogens is 1. The molecular formula is C17H17FN2O5. The molecule has 132 valence electrons. The molecule has 1 amide bonds. The smallest absolute Gasteiger partial charge is 0.413 e. The van der Waals surface area contributed by atoms with E-state index in [1.165, 1.54) is 36.4 Å². The van der Waals surface area contributed by atoms with Gasteiger partial charge in [0.15, 0.2) is 11.6 Å². The molecule has 8 heteroatoms. The van der Waals surface area contributed by atoms with E-state index >= 15 is 0 Å². The van der Waals surface area contributed by atoms with Crippen LogP contribution in [0.1, 0.15) is 20.8 Å². The second-order valence-electron chi connectivity index (χ2n) is 6.21. The molecule has 0 aliphatic rings. The lowest BCUT2D eigenvalue weighted by Gasteiger charge is -2.19. The van der Waals surface area contributed by atoms with Crippen molar-refractivity contribution in [3.05, 3.63) is 58.4 Å². The van der Waals surface area contributed by atoms with Gasteiger partial charge in [0.25, 0.3) is 5.69 Å². The maximum atomic E-state index is 14.1. The first-order valence-corrected chi connectivity index (χ1v) is 7.36. The minimum absolute atomic E-state index is 0.0234. The molecule has 0 aliphatic carbocycles. The zero-order valence-corrected chi connectivity index (χ0v) is 13.9. The Hall–Kier alpha value is -3.16. The summed E-state index contributed by atoms with van der Waals surface area (Å²) in [5.41, 5.74) is -0.573. The molecule has 25 heavy (non-hydrogen) atoms. The van der Waals surface area contributed by atoms with Gasteiger partial charge in [-0.2, -0.15) is 0 Å². The van der Waals surface area contributed by atoms with Crippen LogP contribution in [0, 0.1) is 15.9 Å². The number of hydrogen-bond acceptors (Lipinski definition) is 5. The fourth-order valence-electron chi connectivity index (χ4n) is 1.83. The number of ether oxygens (including phenoxy) is 2. The minimum atomic E-state index is -0.737. The van der Waals surface area contributed by atoms with Gasteiger partial charge < -0.3 is 14.8 Å². The molecule has 0 spiro atoms. The van der Waals surface area contributed by atoms with Gasteiger partial charge in [-0.3, -0.25) is 10.1 Å². The van der Waals surface area contributed by atoms with Crippen LogP contribution in [0.15, 0.2) is 42.5 Å². The fraction of sp³-hybridized carbons (Fsp3) is 0.235. The highest BCUT2D eigenvalue weighted by Crippen LogP contribution is 2.28. The SMILES string of the molecule is CC(C)(C)NC(=O)Oc1ccc(Oc2ccc([N+](=O)[O-])cc2)c(F)c1. The molecule has 0 unspecified atom stereocenters. The van der Waals surface area contributed by atoms with Gasteiger partial charge in [-0.1, -0.05) is 0 Å². The third kappa shape index (κ3) is 5.45. The Morgan fingerprint density at radius 3 is 2.24 bits per heavy atom. The number of nitro benzene ring substituents is 1. The molecule has 0 bridgehead atoms. The topological polar surface area (TPSA) is 90.7 Å². The predicted octanol–water partition coefficient (Wildman–Crippen LogP) is 4.41. The van der Waals surface area contributed by atoms with E-state index < -0.39 is 22.4 Å². The summed E-state index contributed by atoms with van der Waals surface area (Å²) in [6.45, 7) is 5.36. The average molecular weight is 348 g/mol. The van der Waals surface area contributed by atoms with Crippen LogP contribution >= 0.6 is 0 Å². The van der Waals surface area contributed by atoms with Crippen LogP contribution in [-0.2, 0) is 0 Å². The molecule has 0 fully saturated rings. The summed E-state index contributed by atoms with van der Waals surface area (Å²) in [4.78, 5) is 21.7.